The number of aryl methyl sites for hydroxylation is 1. The monoisotopic (exact) mass is 811 g/mol. The van der Waals surface area contributed by atoms with Crippen LogP contribution >= 0.6 is 34.9 Å². The van der Waals surface area contributed by atoms with E-state index in [0.717, 1.165) is 61.0 Å². The molecule has 286 valence electrons. The van der Waals surface area contributed by atoms with Crippen LogP contribution < -0.4 is 25.5 Å². The van der Waals surface area contributed by atoms with E-state index in [-0.39, 0.29) is 51.0 Å². The minimum Gasteiger partial charge on any atom is -0.508 e. The van der Waals surface area contributed by atoms with Gasteiger partial charge in [0.25, 0.3) is 17.5 Å². The molecule has 21 heteroatoms. The number of β-lactam (4-membered cyclic amide) rings is 1. The number of aromatic nitrogens is 2. The summed E-state index contributed by atoms with van der Waals surface area (Å²) in [6.07, 6.45) is 0.819. The van der Waals surface area contributed by atoms with Gasteiger partial charge in [-0.1, -0.05) is 35.2 Å². The summed E-state index contributed by atoms with van der Waals surface area (Å²) in [5, 5.41) is 32.6. The standard InChI is InChI=1S/C34H29N5O13S3/c1-14-37-38-33(55-14)54-13-18-12-53-32-34(49-4,31(48)39(32)26(18)30(46)47)36-29(45)25(17-5-7-19(42)8-6-17)35-28(44)21-11-50-22-10-24(52-16(3)41)23(51-15(2)40)9-20(22)27(21)43/h5-11,25,32,42H,12-13H2,1-4H3,(H,35,44)(H,36,45)(H,46,47)/t25?,32-,34-/m0/s1. The van der Waals surface area contributed by atoms with Crippen LogP contribution in [0.3, 0.4) is 0 Å². The highest BCUT2D eigenvalue weighted by molar-refractivity contribution is 8.01. The lowest BCUT2D eigenvalue weighted by molar-refractivity contribution is -0.192. The van der Waals surface area contributed by atoms with Crippen molar-refractivity contribution in [3.8, 4) is 17.2 Å². The summed E-state index contributed by atoms with van der Waals surface area (Å²) in [4.78, 5) is 92.1. The highest BCUT2D eigenvalue weighted by Crippen LogP contribution is 2.47. The van der Waals surface area contributed by atoms with Crippen molar-refractivity contribution in [2.24, 2.45) is 0 Å². The highest BCUT2D eigenvalue weighted by atomic mass is 32.2. The molecule has 2 aromatic heterocycles. The second-order valence-corrected chi connectivity index (χ2v) is 15.3. The predicted molar refractivity (Wildman–Crippen MR) is 194 cm³/mol. The number of amides is 3. The number of carboxylic acids is 1. The molecule has 3 amide bonds. The Kier molecular flexibility index (Phi) is 11.0. The van der Waals surface area contributed by atoms with Crippen LogP contribution in [0.2, 0.25) is 0 Å². The van der Waals surface area contributed by atoms with Crippen LogP contribution in [0.5, 0.6) is 17.2 Å². The second kappa shape index (κ2) is 15.5. The lowest BCUT2D eigenvalue weighted by Gasteiger charge is -2.56. The Balaban J connectivity index is 1.29. The molecule has 2 aliphatic heterocycles. The van der Waals surface area contributed by atoms with Gasteiger partial charge in [0.15, 0.2) is 15.8 Å². The number of hydrogen-bond donors (Lipinski definition) is 4. The zero-order valence-electron chi connectivity index (χ0n) is 29.1. The molecule has 55 heavy (non-hydrogen) atoms. The summed E-state index contributed by atoms with van der Waals surface area (Å²) in [6, 6.07) is 5.70. The molecule has 0 radical (unpaired) electrons. The molecule has 1 unspecified atom stereocenters. The average molecular weight is 812 g/mol. The molecule has 2 aliphatic rings. The van der Waals surface area contributed by atoms with E-state index in [1.165, 1.54) is 47.4 Å². The molecule has 4 N–H and O–H groups in total. The Morgan fingerprint density at radius 2 is 1.75 bits per heavy atom. The number of nitrogens with one attached hydrogen (secondary N) is 2. The summed E-state index contributed by atoms with van der Waals surface area (Å²) in [5.74, 6) is -6.20. The third kappa shape index (κ3) is 7.63. The first kappa shape index (κ1) is 38.9. The van der Waals surface area contributed by atoms with E-state index in [0.29, 0.717) is 9.91 Å². The van der Waals surface area contributed by atoms with Gasteiger partial charge in [0.2, 0.25) is 11.3 Å². The Morgan fingerprint density at radius 3 is 2.35 bits per heavy atom. The van der Waals surface area contributed by atoms with E-state index in [9.17, 15) is 43.8 Å². The third-order valence-electron chi connectivity index (χ3n) is 8.18. The smallest absolute Gasteiger partial charge is 0.352 e. The third-order valence-corrected chi connectivity index (χ3v) is 11.6. The molecule has 18 nitrogen and oxygen atoms in total. The van der Waals surface area contributed by atoms with E-state index in [1.807, 2.05) is 0 Å². The van der Waals surface area contributed by atoms with Crippen molar-refractivity contribution in [2.45, 2.75) is 42.3 Å². The normalized spacial score (nSPS) is 18.2. The summed E-state index contributed by atoms with van der Waals surface area (Å²) >= 11 is 3.77. The van der Waals surface area contributed by atoms with Gasteiger partial charge in [-0.15, -0.1) is 22.0 Å². The van der Waals surface area contributed by atoms with Gasteiger partial charge in [0.05, 0.1) is 5.39 Å². The van der Waals surface area contributed by atoms with Gasteiger partial charge < -0.3 is 39.5 Å². The Hall–Kier alpha value is -5.77. The van der Waals surface area contributed by atoms with Gasteiger partial charge in [-0.05, 0) is 36.3 Å². The molecular weight excluding hydrogens is 783 g/mol. The minimum atomic E-state index is -2.06. The second-order valence-electron chi connectivity index (χ2n) is 11.9. The molecule has 3 atom stereocenters. The van der Waals surface area contributed by atoms with Crippen molar-refractivity contribution in [3.05, 3.63) is 80.3 Å². The summed E-state index contributed by atoms with van der Waals surface area (Å²) < 4.78 is 21.9. The number of methoxy groups -OCH3 is 1. The number of phenolic OH excluding ortho intramolecular Hbond substituents is 1. The van der Waals surface area contributed by atoms with Crippen molar-refractivity contribution in [1.29, 1.82) is 0 Å². The van der Waals surface area contributed by atoms with Crippen molar-refractivity contribution in [3.63, 3.8) is 0 Å². The van der Waals surface area contributed by atoms with Crippen molar-refractivity contribution < 1.29 is 57.6 Å². The van der Waals surface area contributed by atoms with Gasteiger partial charge in [0.1, 0.15) is 45.3 Å². The van der Waals surface area contributed by atoms with Crippen LogP contribution in [0.1, 0.15) is 40.8 Å². The maximum Gasteiger partial charge on any atom is 0.352 e. The summed E-state index contributed by atoms with van der Waals surface area (Å²) in [7, 11) is 1.16. The largest absolute Gasteiger partial charge is 0.508 e. The van der Waals surface area contributed by atoms with Crippen LogP contribution in [0.15, 0.2) is 67.5 Å². The molecule has 0 bridgehead atoms. The molecule has 2 aromatic carbocycles. The number of nitrogens with zero attached hydrogens (tertiary/aromatic N) is 3. The minimum absolute atomic E-state index is 0.112. The number of carbonyl (C=O) groups excluding carboxylic acids is 5. The van der Waals surface area contributed by atoms with Gasteiger partial charge in [-0.3, -0.25) is 33.7 Å². The number of hydrogen-bond acceptors (Lipinski definition) is 17. The highest BCUT2D eigenvalue weighted by Gasteiger charge is 2.67. The van der Waals surface area contributed by atoms with Gasteiger partial charge in [-0.25, -0.2) is 4.79 Å². The Labute approximate surface area is 322 Å². The fraction of sp³-hybridized carbons (Fsp3) is 0.265. The first-order valence-corrected chi connectivity index (χ1v) is 18.8. The molecule has 0 saturated carbocycles. The van der Waals surface area contributed by atoms with E-state index in [2.05, 4.69) is 20.8 Å². The maximum absolute atomic E-state index is 14.1. The molecule has 1 saturated heterocycles. The molecular formula is C34H29N5O13S3. The molecule has 4 heterocycles. The fourth-order valence-electron chi connectivity index (χ4n) is 5.73. The number of ether oxygens (including phenoxy) is 3. The number of fused-ring (bicyclic) bond motifs is 2. The van der Waals surface area contributed by atoms with E-state index < -0.39 is 63.8 Å². The summed E-state index contributed by atoms with van der Waals surface area (Å²) in [5.41, 5.74) is -3.39. The maximum atomic E-state index is 14.1. The van der Waals surface area contributed by atoms with Gasteiger partial charge in [-0.2, -0.15) is 0 Å². The first-order chi connectivity index (χ1) is 26.1. The lowest BCUT2D eigenvalue weighted by Crippen LogP contribution is -2.81. The first-order valence-electron chi connectivity index (χ1n) is 15.9. The lowest BCUT2D eigenvalue weighted by atomic mass is 9.96. The molecule has 4 aromatic rings. The topological polar surface area (TPSA) is 254 Å². The Morgan fingerprint density at radius 1 is 1.07 bits per heavy atom. The van der Waals surface area contributed by atoms with Crippen LogP contribution in [0.4, 0.5) is 0 Å². The number of aliphatic carboxylic acids is 1. The number of benzene rings is 2. The number of aromatic hydroxyl groups is 1. The Bertz CT molecular complexity index is 2360. The van der Waals surface area contributed by atoms with Crippen LogP contribution in [0, 0.1) is 6.92 Å². The number of carboxylic acid groups (broad SMARTS) is 1. The zero-order chi connectivity index (χ0) is 39.8. The number of thioether (sulfide) groups is 2. The molecule has 1 fully saturated rings. The van der Waals surface area contributed by atoms with Crippen LogP contribution in [0.25, 0.3) is 11.0 Å². The molecule has 0 aliphatic carbocycles. The van der Waals surface area contributed by atoms with Crippen LogP contribution in [-0.4, -0.2) is 90.7 Å². The van der Waals surface area contributed by atoms with Gasteiger partial charge in [0, 0.05) is 38.5 Å². The average Bonchev–Trinajstić information content (AvgIpc) is 3.56. The quantitative estimate of drug-likeness (QED) is 0.0527. The SMILES string of the molecule is CO[C@@]1(NC(=O)C(NC(=O)c2coc3cc(OC(C)=O)c(OC(C)=O)cc3c2=O)c2ccc(O)cc2)C(=O)N2C(C(=O)O)=C(CSc3nnc(C)s3)CS[C@H]21. The summed E-state index contributed by atoms with van der Waals surface area (Å²) in [6.45, 7) is 3.98. The fourth-order valence-corrected chi connectivity index (χ4v) is 9.13. The van der Waals surface area contributed by atoms with E-state index in [4.69, 9.17) is 18.6 Å². The predicted octanol–water partition coefficient (Wildman–Crippen LogP) is 2.49. The number of carbonyl (C=O) groups is 6. The van der Waals surface area contributed by atoms with Crippen molar-refractivity contribution in [1.82, 2.24) is 25.7 Å². The van der Waals surface area contributed by atoms with Crippen molar-refractivity contribution in [2.75, 3.05) is 18.6 Å². The van der Waals surface area contributed by atoms with E-state index in [1.54, 1.807) is 6.92 Å². The number of esters is 2. The molecule has 6 rings (SSSR count). The number of phenols is 1. The van der Waals surface area contributed by atoms with Gasteiger partial charge >= 0.3 is 17.9 Å². The van der Waals surface area contributed by atoms with Crippen LogP contribution in [-0.2, 0) is 28.7 Å². The number of rotatable bonds is 12. The zero-order valence-corrected chi connectivity index (χ0v) is 31.5. The molecule has 0 spiro atoms. The van der Waals surface area contributed by atoms with E-state index >= 15 is 0 Å². The van der Waals surface area contributed by atoms with Crippen molar-refractivity contribution >= 4 is 81.5 Å².